The van der Waals surface area contributed by atoms with Crippen LogP contribution in [0.1, 0.15) is 67.8 Å². The Bertz CT molecular complexity index is 1800. The molecule has 0 N–H and O–H groups in total. The van der Waals surface area contributed by atoms with E-state index in [2.05, 4.69) is 9.97 Å². The van der Waals surface area contributed by atoms with Gasteiger partial charge in [0.1, 0.15) is 18.2 Å². The van der Waals surface area contributed by atoms with Gasteiger partial charge in [-0.15, -0.1) is 11.3 Å². The summed E-state index contributed by atoms with van der Waals surface area (Å²) in [4.78, 5) is 35.8. The molecule has 0 saturated heterocycles. The lowest BCUT2D eigenvalue weighted by Crippen LogP contribution is -2.42. The van der Waals surface area contributed by atoms with Crippen molar-refractivity contribution < 1.29 is 40.6 Å². The summed E-state index contributed by atoms with van der Waals surface area (Å²) in [5.74, 6) is 0.490. The Morgan fingerprint density at radius 1 is 1.02 bits per heavy atom. The molecule has 1 aliphatic rings. The van der Waals surface area contributed by atoms with Crippen LogP contribution < -0.4 is 10.3 Å². The van der Waals surface area contributed by atoms with Gasteiger partial charge in [0.05, 0.1) is 47.2 Å². The normalized spacial score (nSPS) is 12.8. The number of alkyl halides is 6. The first-order valence-corrected chi connectivity index (χ1v) is 17.1. The standard InChI is InChI=1S/C28H26ClF3N4O4S.C2H3F3.2C2H6/c1-15-10-19(25-24(33-15)21(13-41-25)27(38)39-3)18-11-17(29)4-5-23(18)40-9-8-36-16(2)34-22-6-7-35(14-28(30,31)32)12-20(22)26(36)37;1-2(3,4)5;2*1-2/h4-5,10-11,13H,6-9,12,14H2,1-3H3;1H3;2*1-2H3. The maximum absolute atomic E-state index is 13.3. The minimum atomic E-state index is -4.35. The van der Waals surface area contributed by atoms with Gasteiger partial charge in [-0.1, -0.05) is 39.3 Å². The Morgan fingerprint density at radius 3 is 2.26 bits per heavy atom. The van der Waals surface area contributed by atoms with Crippen molar-refractivity contribution in [2.75, 3.05) is 26.8 Å². The zero-order valence-electron chi connectivity index (χ0n) is 29.1. The Hall–Kier alpha value is -3.69. The molecule has 0 aliphatic carbocycles. The van der Waals surface area contributed by atoms with E-state index in [1.807, 2.05) is 40.7 Å². The molecular weight excluding hydrogens is 710 g/mol. The van der Waals surface area contributed by atoms with Gasteiger partial charge in [0.25, 0.3) is 5.56 Å². The molecule has 50 heavy (non-hydrogen) atoms. The highest BCUT2D eigenvalue weighted by Crippen LogP contribution is 2.40. The summed E-state index contributed by atoms with van der Waals surface area (Å²) in [6.45, 7) is 11.0. The van der Waals surface area contributed by atoms with Crippen molar-refractivity contribution in [2.24, 2.45) is 0 Å². The van der Waals surface area contributed by atoms with Crippen LogP contribution in [0.2, 0.25) is 5.02 Å². The van der Waals surface area contributed by atoms with Crippen molar-refractivity contribution in [1.29, 1.82) is 0 Å². The number of rotatable bonds is 7. The number of benzene rings is 1. The molecule has 276 valence electrons. The molecule has 3 aromatic heterocycles. The SMILES string of the molecule is CC.CC.CC(F)(F)F.COC(=O)c1csc2c(-c3cc(Cl)ccc3OCCn3c(C)nc4c(c3=O)CN(CC(F)(F)F)CC4)cc(C)nc12. The molecule has 8 nitrogen and oxygen atoms in total. The third-order valence-electron chi connectivity index (χ3n) is 6.85. The number of aryl methyl sites for hydroxylation is 2. The van der Waals surface area contributed by atoms with Crippen LogP contribution in [0.5, 0.6) is 5.75 Å². The monoisotopic (exact) mass is 750 g/mol. The number of pyridine rings is 1. The number of aromatic nitrogens is 3. The van der Waals surface area contributed by atoms with E-state index in [1.165, 1.54) is 27.9 Å². The fourth-order valence-corrected chi connectivity index (χ4v) is 6.20. The van der Waals surface area contributed by atoms with E-state index in [-0.39, 0.29) is 50.7 Å². The maximum atomic E-state index is 13.3. The molecule has 0 fully saturated rings. The van der Waals surface area contributed by atoms with Gasteiger partial charge in [0.15, 0.2) is 0 Å². The third kappa shape index (κ3) is 11.7. The van der Waals surface area contributed by atoms with Gasteiger partial charge >= 0.3 is 18.3 Å². The highest BCUT2D eigenvalue weighted by atomic mass is 35.5. The number of thiophene rings is 1. The molecule has 0 unspecified atom stereocenters. The van der Waals surface area contributed by atoms with Crippen LogP contribution in [0.15, 0.2) is 34.4 Å². The van der Waals surface area contributed by atoms with Gasteiger partial charge in [-0.25, -0.2) is 9.78 Å². The summed E-state index contributed by atoms with van der Waals surface area (Å²) >= 11 is 7.71. The van der Waals surface area contributed by atoms with E-state index in [1.54, 1.807) is 30.5 Å². The molecule has 5 rings (SSSR count). The molecule has 4 aromatic rings. The van der Waals surface area contributed by atoms with Crippen LogP contribution >= 0.6 is 22.9 Å². The largest absolute Gasteiger partial charge is 0.491 e. The molecule has 1 aliphatic heterocycles. The summed E-state index contributed by atoms with van der Waals surface area (Å²) in [6.07, 6.45) is -8.06. The second-order valence-electron chi connectivity index (χ2n) is 10.5. The lowest BCUT2D eigenvalue weighted by Gasteiger charge is -2.29. The van der Waals surface area contributed by atoms with E-state index < -0.39 is 24.9 Å². The van der Waals surface area contributed by atoms with Gasteiger partial charge in [0, 0.05) is 53.7 Å². The highest BCUT2D eigenvalue weighted by molar-refractivity contribution is 7.18. The van der Waals surface area contributed by atoms with Gasteiger partial charge < -0.3 is 9.47 Å². The van der Waals surface area contributed by atoms with Crippen molar-refractivity contribution in [1.82, 2.24) is 19.4 Å². The van der Waals surface area contributed by atoms with Gasteiger partial charge in [-0.2, -0.15) is 26.3 Å². The number of carbonyl (C=O) groups is 1. The predicted octanol–water partition coefficient (Wildman–Crippen LogP) is 9.20. The minimum absolute atomic E-state index is 0.0904. The van der Waals surface area contributed by atoms with Crippen LogP contribution in [0.4, 0.5) is 26.3 Å². The van der Waals surface area contributed by atoms with Crippen molar-refractivity contribution in [3.8, 4) is 16.9 Å². The lowest BCUT2D eigenvalue weighted by atomic mass is 10.0. The van der Waals surface area contributed by atoms with Crippen molar-refractivity contribution in [3.05, 3.63) is 73.4 Å². The Balaban J connectivity index is 0.000000872. The van der Waals surface area contributed by atoms with Crippen molar-refractivity contribution in [3.63, 3.8) is 0 Å². The third-order valence-corrected chi connectivity index (χ3v) is 8.09. The number of halogens is 7. The van der Waals surface area contributed by atoms with Crippen LogP contribution in [-0.2, 0) is 24.2 Å². The highest BCUT2D eigenvalue weighted by Gasteiger charge is 2.33. The molecule has 16 heteroatoms. The number of ether oxygens (including phenoxy) is 2. The Kier molecular flexibility index (Phi) is 15.7. The van der Waals surface area contributed by atoms with E-state index in [0.717, 1.165) is 10.3 Å². The van der Waals surface area contributed by atoms with Crippen LogP contribution in [0.25, 0.3) is 21.3 Å². The molecule has 0 bridgehead atoms. The minimum Gasteiger partial charge on any atom is -0.491 e. The maximum Gasteiger partial charge on any atom is 0.401 e. The van der Waals surface area contributed by atoms with Crippen LogP contribution in [0, 0.1) is 13.8 Å². The molecule has 4 heterocycles. The number of methoxy groups -OCH3 is 1. The molecule has 0 radical (unpaired) electrons. The molecular formula is C34H41ClF6N4O4S. The number of hydrogen-bond acceptors (Lipinski definition) is 8. The number of hydrogen-bond donors (Lipinski definition) is 0. The first kappa shape index (κ1) is 42.5. The van der Waals surface area contributed by atoms with E-state index in [4.69, 9.17) is 21.1 Å². The van der Waals surface area contributed by atoms with Gasteiger partial charge in [-0.3, -0.25) is 19.2 Å². The molecule has 0 spiro atoms. The predicted molar refractivity (Wildman–Crippen MR) is 184 cm³/mol. The average molecular weight is 751 g/mol. The molecule has 0 amide bonds. The molecule has 0 saturated carbocycles. The average Bonchev–Trinajstić information content (AvgIpc) is 3.47. The van der Waals surface area contributed by atoms with Crippen molar-refractivity contribution >= 4 is 39.1 Å². The fraction of sp³-hybridized carbons (Fsp3) is 0.471. The van der Waals surface area contributed by atoms with Gasteiger partial charge in [-0.05, 0) is 38.1 Å². The summed E-state index contributed by atoms with van der Waals surface area (Å²) < 4.78 is 83.1. The second-order valence-corrected chi connectivity index (χ2v) is 11.8. The quantitative estimate of drug-likeness (QED) is 0.138. The van der Waals surface area contributed by atoms with Gasteiger partial charge in [0.2, 0.25) is 0 Å². The fourth-order valence-electron chi connectivity index (χ4n) is 5.02. The van der Waals surface area contributed by atoms with E-state index >= 15 is 0 Å². The Morgan fingerprint density at radius 2 is 1.66 bits per heavy atom. The van der Waals surface area contributed by atoms with E-state index in [0.29, 0.717) is 44.6 Å². The Labute approximate surface area is 296 Å². The summed E-state index contributed by atoms with van der Waals surface area (Å²) in [5, 5.41) is 2.18. The zero-order chi connectivity index (χ0) is 38.0. The summed E-state index contributed by atoms with van der Waals surface area (Å²) in [6, 6.07) is 7.06. The van der Waals surface area contributed by atoms with E-state index in [9.17, 15) is 35.9 Å². The number of carbonyl (C=O) groups excluding carboxylic acids is 1. The number of nitrogens with zero attached hydrogens (tertiary/aromatic N) is 4. The number of fused-ring (bicyclic) bond motifs is 2. The first-order valence-electron chi connectivity index (χ1n) is 15.8. The second kappa shape index (κ2) is 18.5. The summed E-state index contributed by atoms with van der Waals surface area (Å²) in [7, 11) is 1.31. The first-order chi connectivity index (χ1) is 23.4. The summed E-state index contributed by atoms with van der Waals surface area (Å²) in [5.41, 5.74) is 3.49. The van der Waals surface area contributed by atoms with Crippen LogP contribution in [-0.4, -0.2) is 64.6 Å². The molecule has 1 aromatic carbocycles. The molecule has 0 atom stereocenters. The topological polar surface area (TPSA) is 86.5 Å². The zero-order valence-corrected chi connectivity index (χ0v) is 30.7. The van der Waals surface area contributed by atoms with Crippen LogP contribution in [0.3, 0.4) is 0 Å². The smallest absolute Gasteiger partial charge is 0.401 e. The lowest BCUT2D eigenvalue weighted by molar-refractivity contribution is -0.147. The van der Waals surface area contributed by atoms with Crippen molar-refractivity contribution in [2.45, 2.75) is 80.3 Å². The number of esters is 1.